The summed E-state index contributed by atoms with van der Waals surface area (Å²) in [5.41, 5.74) is 5.98. The Labute approximate surface area is 241 Å². The van der Waals surface area contributed by atoms with E-state index in [-0.39, 0.29) is 31.8 Å². The summed E-state index contributed by atoms with van der Waals surface area (Å²) in [7, 11) is 0. The smallest absolute Gasteiger partial charge is 0.311 e. The van der Waals surface area contributed by atoms with Crippen molar-refractivity contribution in [2.75, 3.05) is 0 Å². The molecule has 0 aromatic heterocycles. The van der Waals surface area contributed by atoms with Crippen LogP contribution in [0.5, 0.6) is 5.75 Å². The third-order valence-electron chi connectivity index (χ3n) is 6.26. The van der Waals surface area contributed by atoms with Gasteiger partial charge in [-0.05, 0) is 47.1 Å². The number of hydrogen-bond acceptors (Lipinski definition) is 6. The zero-order valence-corrected chi connectivity index (χ0v) is 22.4. The van der Waals surface area contributed by atoms with E-state index in [2.05, 4.69) is 22.9 Å². The van der Waals surface area contributed by atoms with Gasteiger partial charge in [-0.2, -0.15) is 8.78 Å². The Kier molecular flexibility index (Phi) is 11.3. The van der Waals surface area contributed by atoms with Gasteiger partial charge in [0, 0.05) is 25.7 Å². The maximum atomic E-state index is 13.1. The van der Waals surface area contributed by atoms with Gasteiger partial charge in [0.25, 0.3) is 0 Å². The highest BCUT2D eigenvalue weighted by Gasteiger charge is 2.28. The number of esters is 2. The first-order valence-corrected chi connectivity index (χ1v) is 12.9. The number of rotatable bonds is 11. The minimum atomic E-state index is -2.37. The third kappa shape index (κ3) is 8.60. The molecule has 13 heteroatoms. The third-order valence-corrected chi connectivity index (χ3v) is 6.26. The molecular formula is C30H25F5O8. The van der Waals surface area contributed by atoms with E-state index in [1.54, 1.807) is 0 Å². The van der Waals surface area contributed by atoms with E-state index in [0.717, 1.165) is 12.0 Å². The summed E-state index contributed by atoms with van der Waals surface area (Å²) < 4.78 is 73.8. The molecule has 0 bridgehead atoms. The summed E-state index contributed by atoms with van der Waals surface area (Å²) in [5.74, 6) is -16.9. The molecule has 1 aliphatic rings. The van der Waals surface area contributed by atoms with Crippen LogP contribution in [-0.2, 0) is 36.9 Å². The van der Waals surface area contributed by atoms with E-state index in [1.807, 2.05) is 24.3 Å². The molecule has 0 saturated heterocycles. The molecule has 0 fully saturated rings. The summed E-state index contributed by atoms with van der Waals surface area (Å²) in [5, 5.41) is 16.9. The molecule has 0 aliphatic heterocycles. The molecule has 8 nitrogen and oxygen atoms in total. The van der Waals surface area contributed by atoms with Gasteiger partial charge in [0.2, 0.25) is 34.8 Å². The van der Waals surface area contributed by atoms with Crippen molar-refractivity contribution in [2.24, 2.45) is 0 Å². The molecule has 0 saturated carbocycles. The minimum absolute atomic E-state index is 0.00879. The average molecular weight is 609 g/mol. The average Bonchev–Trinajstić information content (AvgIpc) is 3.35. The molecule has 1 aliphatic carbocycles. The Morgan fingerprint density at radius 1 is 0.651 bits per heavy atom. The lowest BCUT2D eigenvalue weighted by atomic mass is 10.0. The molecule has 0 radical (unpaired) electrons. The van der Waals surface area contributed by atoms with Crippen LogP contribution < -0.4 is 4.74 Å². The van der Waals surface area contributed by atoms with Crippen molar-refractivity contribution in [1.82, 2.24) is 0 Å². The quantitative estimate of drug-likeness (QED) is 0.0688. The van der Waals surface area contributed by atoms with Crippen molar-refractivity contribution in [3.05, 3.63) is 88.2 Å². The molecule has 43 heavy (non-hydrogen) atoms. The standard InChI is InChI=1S/C19H18O4.C11H7F5O4/c20-18(21)9-4-10-19(22)23-12-14-6-3-8-16-15-7-2-1-5-13(15)11-17(14)16;12-6-7(13)9(15)11(10(16)8(6)14)20-5(19)3-1-2-4(17)18/h1-3,5-8H,4,9-12H2,(H,20,21);1-3H2,(H,17,18). The second-order valence-electron chi connectivity index (χ2n) is 9.31. The fourth-order valence-corrected chi connectivity index (χ4v) is 4.20. The van der Waals surface area contributed by atoms with Gasteiger partial charge in [0.1, 0.15) is 6.61 Å². The molecule has 228 valence electrons. The van der Waals surface area contributed by atoms with Gasteiger partial charge in [-0.1, -0.05) is 42.5 Å². The first-order chi connectivity index (χ1) is 20.4. The van der Waals surface area contributed by atoms with Crippen LogP contribution in [0.3, 0.4) is 0 Å². The largest absolute Gasteiger partial charge is 0.481 e. The second kappa shape index (κ2) is 14.9. The number of carbonyl (C=O) groups is 4. The van der Waals surface area contributed by atoms with Crippen LogP contribution >= 0.6 is 0 Å². The van der Waals surface area contributed by atoms with E-state index in [1.165, 1.54) is 22.3 Å². The molecule has 2 N–H and O–H groups in total. The van der Waals surface area contributed by atoms with E-state index in [0.29, 0.717) is 6.42 Å². The fourth-order valence-electron chi connectivity index (χ4n) is 4.20. The molecular weight excluding hydrogens is 583 g/mol. The van der Waals surface area contributed by atoms with Crippen molar-refractivity contribution >= 4 is 23.9 Å². The van der Waals surface area contributed by atoms with Crippen LogP contribution in [0.15, 0.2) is 42.5 Å². The highest BCUT2D eigenvalue weighted by atomic mass is 19.2. The number of aliphatic carboxylic acids is 2. The Morgan fingerprint density at radius 3 is 1.79 bits per heavy atom. The molecule has 0 atom stereocenters. The maximum Gasteiger partial charge on any atom is 0.311 e. The minimum Gasteiger partial charge on any atom is -0.481 e. The zero-order valence-electron chi connectivity index (χ0n) is 22.4. The van der Waals surface area contributed by atoms with Crippen molar-refractivity contribution in [3.8, 4) is 16.9 Å². The Bertz CT molecular complexity index is 1510. The van der Waals surface area contributed by atoms with E-state index < -0.39 is 65.6 Å². The first-order valence-electron chi connectivity index (χ1n) is 12.9. The number of carbonyl (C=O) groups excluding carboxylic acids is 2. The number of fused-ring (bicyclic) bond motifs is 3. The molecule has 0 heterocycles. The number of benzene rings is 3. The Balaban J connectivity index is 0.000000238. The van der Waals surface area contributed by atoms with Gasteiger partial charge >= 0.3 is 23.9 Å². The number of carboxylic acid groups (broad SMARTS) is 2. The summed E-state index contributed by atoms with van der Waals surface area (Å²) >= 11 is 0. The monoisotopic (exact) mass is 608 g/mol. The van der Waals surface area contributed by atoms with Gasteiger partial charge in [-0.3, -0.25) is 19.2 Å². The lowest BCUT2D eigenvalue weighted by molar-refractivity contribution is -0.145. The van der Waals surface area contributed by atoms with Crippen molar-refractivity contribution in [1.29, 1.82) is 0 Å². The highest BCUT2D eigenvalue weighted by molar-refractivity contribution is 5.78. The van der Waals surface area contributed by atoms with Crippen LogP contribution in [0.4, 0.5) is 22.0 Å². The maximum absolute atomic E-state index is 13.1. The Morgan fingerprint density at radius 2 is 1.19 bits per heavy atom. The van der Waals surface area contributed by atoms with Crippen molar-refractivity contribution in [3.63, 3.8) is 0 Å². The van der Waals surface area contributed by atoms with Gasteiger partial charge in [0.05, 0.1) is 0 Å². The number of carboxylic acids is 2. The van der Waals surface area contributed by atoms with Gasteiger partial charge in [0.15, 0.2) is 0 Å². The zero-order chi connectivity index (χ0) is 31.7. The Hall–Kier alpha value is -4.81. The van der Waals surface area contributed by atoms with Gasteiger partial charge < -0.3 is 19.7 Å². The van der Waals surface area contributed by atoms with Gasteiger partial charge in [-0.25, -0.2) is 13.2 Å². The molecule has 3 aromatic rings. The van der Waals surface area contributed by atoms with E-state index in [4.69, 9.17) is 14.9 Å². The second-order valence-corrected chi connectivity index (χ2v) is 9.31. The van der Waals surface area contributed by atoms with Crippen LogP contribution in [0.2, 0.25) is 0 Å². The number of halogens is 5. The van der Waals surface area contributed by atoms with Crippen molar-refractivity contribution in [2.45, 2.75) is 51.6 Å². The molecule has 4 rings (SSSR count). The normalized spacial score (nSPS) is 11.1. The molecule has 3 aromatic carbocycles. The highest BCUT2D eigenvalue weighted by Crippen LogP contribution is 2.38. The molecule has 0 amide bonds. The predicted octanol–water partition coefficient (Wildman–Crippen LogP) is 6.10. The summed E-state index contributed by atoms with van der Waals surface area (Å²) in [6.07, 6.45) is 0.138. The van der Waals surface area contributed by atoms with Crippen molar-refractivity contribution < 1.29 is 60.8 Å². The van der Waals surface area contributed by atoms with E-state index in [9.17, 15) is 41.1 Å². The topological polar surface area (TPSA) is 127 Å². The SMILES string of the molecule is O=C(O)CCCC(=O)OCc1cccc2c1Cc1ccccc1-2.O=C(O)CCCC(=O)Oc1c(F)c(F)c(F)c(F)c1F. The predicted molar refractivity (Wildman–Crippen MR) is 139 cm³/mol. The number of ether oxygens (including phenoxy) is 2. The van der Waals surface area contributed by atoms with Crippen LogP contribution in [0.1, 0.15) is 55.2 Å². The van der Waals surface area contributed by atoms with Gasteiger partial charge in [-0.15, -0.1) is 0 Å². The first kappa shape index (κ1) is 32.7. The number of hydrogen-bond donors (Lipinski definition) is 2. The van der Waals surface area contributed by atoms with Crippen LogP contribution in [0.25, 0.3) is 11.1 Å². The lowest BCUT2D eigenvalue weighted by Gasteiger charge is -2.09. The summed E-state index contributed by atoms with van der Waals surface area (Å²) in [6, 6.07) is 14.4. The van der Waals surface area contributed by atoms with Crippen LogP contribution in [0, 0.1) is 29.1 Å². The summed E-state index contributed by atoms with van der Waals surface area (Å²) in [6.45, 7) is 0.239. The molecule has 0 spiro atoms. The molecule has 0 unspecified atom stereocenters. The van der Waals surface area contributed by atoms with Crippen LogP contribution in [-0.4, -0.2) is 34.1 Å². The summed E-state index contributed by atoms with van der Waals surface area (Å²) in [4.78, 5) is 43.4. The fraction of sp³-hybridized carbons (Fsp3) is 0.267. The lowest BCUT2D eigenvalue weighted by Crippen LogP contribution is -2.13. The van der Waals surface area contributed by atoms with E-state index >= 15 is 0 Å².